The van der Waals surface area contributed by atoms with Gasteiger partial charge in [0.1, 0.15) is 0 Å². The maximum atomic E-state index is 12.0. The van der Waals surface area contributed by atoms with E-state index < -0.39 is 0 Å². The normalized spacial score (nSPS) is 10.1. The SMILES string of the molecule is COc1ccc(CC(=O)NCC(=O)NCc2ccccc2Cl)cc1OC. The minimum Gasteiger partial charge on any atom is -0.493 e. The molecule has 2 rings (SSSR count). The molecule has 0 radical (unpaired) electrons. The standard InChI is InChI=1S/C19H21ClN2O4/c1-25-16-8-7-13(9-17(16)26-2)10-18(23)22-12-19(24)21-11-14-5-3-4-6-15(14)20/h3-9H,10-12H2,1-2H3,(H,21,24)(H,22,23). The van der Waals surface area contributed by atoms with E-state index >= 15 is 0 Å². The molecule has 0 saturated carbocycles. The Morgan fingerprint density at radius 3 is 2.38 bits per heavy atom. The zero-order valence-corrected chi connectivity index (χ0v) is 15.4. The molecule has 0 heterocycles. The predicted molar refractivity (Wildman–Crippen MR) is 99.6 cm³/mol. The van der Waals surface area contributed by atoms with Gasteiger partial charge in [-0.1, -0.05) is 35.9 Å². The van der Waals surface area contributed by atoms with Crippen molar-refractivity contribution in [2.75, 3.05) is 20.8 Å². The number of methoxy groups -OCH3 is 2. The highest BCUT2D eigenvalue weighted by Gasteiger charge is 2.10. The molecule has 0 aliphatic rings. The van der Waals surface area contributed by atoms with Crippen molar-refractivity contribution in [3.63, 3.8) is 0 Å². The third-order valence-electron chi connectivity index (χ3n) is 3.69. The number of carbonyl (C=O) groups is 2. The molecule has 0 aromatic heterocycles. The predicted octanol–water partition coefficient (Wildman–Crippen LogP) is 2.33. The molecule has 0 fully saturated rings. The van der Waals surface area contributed by atoms with E-state index in [1.165, 1.54) is 7.11 Å². The van der Waals surface area contributed by atoms with Crippen LogP contribution in [-0.4, -0.2) is 32.6 Å². The van der Waals surface area contributed by atoms with Gasteiger partial charge in [0.15, 0.2) is 11.5 Å². The average Bonchev–Trinajstić information content (AvgIpc) is 2.65. The Balaban J connectivity index is 1.79. The van der Waals surface area contributed by atoms with Gasteiger partial charge in [0, 0.05) is 11.6 Å². The van der Waals surface area contributed by atoms with Crippen LogP contribution >= 0.6 is 11.6 Å². The van der Waals surface area contributed by atoms with Gasteiger partial charge in [0.05, 0.1) is 27.2 Å². The molecule has 138 valence electrons. The van der Waals surface area contributed by atoms with Gasteiger partial charge < -0.3 is 20.1 Å². The second-order valence-corrected chi connectivity index (χ2v) is 5.92. The molecule has 0 atom stereocenters. The van der Waals surface area contributed by atoms with E-state index in [-0.39, 0.29) is 24.8 Å². The molecule has 0 bridgehead atoms. The lowest BCUT2D eigenvalue weighted by atomic mass is 10.1. The van der Waals surface area contributed by atoms with Gasteiger partial charge in [-0.25, -0.2) is 0 Å². The van der Waals surface area contributed by atoms with Crippen LogP contribution in [0, 0.1) is 0 Å². The summed E-state index contributed by atoms with van der Waals surface area (Å²) >= 11 is 6.03. The van der Waals surface area contributed by atoms with Crippen molar-refractivity contribution in [3.8, 4) is 11.5 Å². The van der Waals surface area contributed by atoms with Crippen LogP contribution in [0.15, 0.2) is 42.5 Å². The zero-order chi connectivity index (χ0) is 18.9. The van der Waals surface area contributed by atoms with Crippen LogP contribution in [-0.2, 0) is 22.6 Å². The van der Waals surface area contributed by atoms with Crippen LogP contribution in [0.3, 0.4) is 0 Å². The van der Waals surface area contributed by atoms with Gasteiger partial charge in [0.25, 0.3) is 0 Å². The lowest BCUT2D eigenvalue weighted by molar-refractivity contribution is -0.125. The maximum absolute atomic E-state index is 12.0. The molecule has 7 heteroatoms. The second kappa shape index (κ2) is 9.68. The minimum atomic E-state index is -0.286. The molecule has 0 saturated heterocycles. The number of hydrogen-bond acceptors (Lipinski definition) is 4. The van der Waals surface area contributed by atoms with Crippen LogP contribution < -0.4 is 20.1 Å². The van der Waals surface area contributed by atoms with Gasteiger partial charge in [0.2, 0.25) is 11.8 Å². The summed E-state index contributed by atoms with van der Waals surface area (Å²) in [5.74, 6) is 0.599. The largest absolute Gasteiger partial charge is 0.493 e. The van der Waals surface area contributed by atoms with Crippen LogP contribution in [0.2, 0.25) is 5.02 Å². The third-order valence-corrected chi connectivity index (χ3v) is 4.06. The summed E-state index contributed by atoms with van der Waals surface area (Å²) in [7, 11) is 3.08. The van der Waals surface area contributed by atoms with Crippen molar-refractivity contribution >= 4 is 23.4 Å². The van der Waals surface area contributed by atoms with Gasteiger partial charge in [-0.05, 0) is 29.3 Å². The fourth-order valence-electron chi connectivity index (χ4n) is 2.32. The number of hydrogen-bond donors (Lipinski definition) is 2. The monoisotopic (exact) mass is 376 g/mol. The molecular weight excluding hydrogens is 356 g/mol. The van der Waals surface area contributed by atoms with Crippen molar-refractivity contribution in [1.29, 1.82) is 0 Å². The highest BCUT2D eigenvalue weighted by atomic mass is 35.5. The minimum absolute atomic E-state index is 0.101. The quantitative estimate of drug-likeness (QED) is 0.741. The van der Waals surface area contributed by atoms with Crippen LogP contribution in [0.4, 0.5) is 0 Å². The summed E-state index contributed by atoms with van der Waals surface area (Å²) in [5.41, 5.74) is 1.58. The van der Waals surface area contributed by atoms with Crippen molar-refractivity contribution in [1.82, 2.24) is 10.6 Å². The zero-order valence-electron chi connectivity index (χ0n) is 14.7. The summed E-state index contributed by atoms with van der Waals surface area (Å²) < 4.78 is 10.4. The third kappa shape index (κ3) is 5.67. The number of rotatable bonds is 8. The molecule has 0 aliphatic heterocycles. The Morgan fingerprint density at radius 1 is 0.962 bits per heavy atom. The average molecular weight is 377 g/mol. The van der Waals surface area contributed by atoms with Gasteiger partial charge in [-0.2, -0.15) is 0 Å². The first-order valence-electron chi connectivity index (χ1n) is 8.01. The van der Waals surface area contributed by atoms with E-state index in [0.717, 1.165) is 11.1 Å². The first kappa shape index (κ1) is 19.6. The Bertz CT molecular complexity index is 780. The molecular formula is C19H21ClN2O4. The second-order valence-electron chi connectivity index (χ2n) is 5.51. The topological polar surface area (TPSA) is 76.7 Å². The highest BCUT2D eigenvalue weighted by molar-refractivity contribution is 6.31. The van der Waals surface area contributed by atoms with E-state index in [1.807, 2.05) is 18.2 Å². The van der Waals surface area contributed by atoms with Crippen molar-refractivity contribution < 1.29 is 19.1 Å². The van der Waals surface area contributed by atoms with E-state index in [9.17, 15) is 9.59 Å². The Morgan fingerprint density at radius 2 is 1.69 bits per heavy atom. The summed E-state index contributed by atoms with van der Waals surface area (Å²) in [4.78, 5) is 23.9. The maximum Gasteiger partial charge on any atom is 0.239 e. The fourth-order valence-corrected chi connectivity index (χ4v) is 2.52. The van der Waals surface area contributed by atoms with E-state index in [2.05, 4.69) is 10.6 Å². The fraction of sp³-hybridized carbons (Fsp3) is 0.263. The molecule has 2 amide bonds. The summed E-state index contributed by atoms with van der Waals surface area (Å²) in [6.07, 6.45) is 0.137. The van der Waals surface area contributed by atoms with Crippen LogP contribution in [0.5, 0.6) is 11.5 Å². The van der Waals surface area contributed by atoms with Crippen LogP contribution in [0.25, 0.3) is 0 Å². The summed E-state index contributed by atoms with van der Waals surface area (Å²) in [6, 6.07) is 12.5. The molecule has 0 aliphatic carbocycles. The number of amides is 2. The number of nitrogens with one attached hydrogen (secondary N) is 2. The van der Waals surface area contributed by atoms with Gasteiger partial charge in [-0.3, -0.25) is 9.59 Å². The molecule has 26 heavy (non-hydrogen) atoms. The van der Waals surface area contributed by atoms with E-state index in [4.69, 9.17) is 21.1 Å². The lowest BCUT2D eigenvalue weighted by Gasteiger charge is -2.10. The van der Waals surface area contributed by atoms with E-state index in [0.29, 0.717) is 23.1 Å². The van der Waals surface area contributed by atoms with Crippen LogP contribution in [0.1, 0.15) is 11.1 Å². The molecule has 0 spiro atoms. The Kier molecular flexibility index (Phi) is 7.29. The smallest absolute Gasteiger partial charge is 0.239 e. The first-order chi connectivity index (χ1) is 12.5. The van der Waals surface area contributed by atoms with E-state index in [1.54, 1.807) is 31.4 Å². The molecule has 2 N–H and O–H groups in total. The number of benzene rings is 2. The number of ether oxygens (including phenoxy) is 2. The van der Waals surface area contributed by atoms with Gasteiger partial charge >= 0.3 is 0 Å². The molecule has 0 unspecified atom stereocenters. The first-order valence-corrected chi connectivity index (χ1v) is 8.39. The van der Waals surface area contributed by atoms with Gasteiger partial charge in [-0.15, -0.1) is 0 Å². The van der Waals surface area contributed by atoms with Crippen molar-refractivity contribution in [2.45, 2.75) is 13.0 Å². The Labute approximate surface area is 157 Å². The summed E-state index contributed by atoms with van der Waals surface area (Å²) in [6.45, 7) is 0.209. The highest BCUT2D eigenvalue weighted by Crippen LogP contribution is 2.27. The Hall–Kier alpha value is -2.73. The lowest BCUT2D eigenvalue weighted by Crippen LogP contribution is -2.37. The number of halogens is 1. The number of carbonyl (C=O) groups excluding carboxylic acids is 2. The van der Waals surface area contributed by atoms with Crippen molar-refractivity contribution in [2.24, 2.45) is 0 Å². The summed E-state index contributed by atoms with van der Waals surface area (Å²) in [5, 5.41) is 5.90. The van der Waals surface area contributed by atoms with Crippen molar-refractivity contribution in [3.05, 3.63) is 58.6 Å². The molecule has 6 nitrogen and oxygen atoms in total. The molecule has 2 aromatic carbocycles. The molecule has 2 aromatic rings.